The SMILES string of the molecule is CCCCN1CCC(=C(C)C)C1. The van der Waals surface area contributed by atoms with Gasteiger partial charge < -0.3 is 0 Å². The molecular weight excluding hydrogens is 146 g/mol. The van der Waals surface area contributed by atoms with Gasteiger partial charge >= 0.3 is 0 Å². The van der Waals surface area contributed by atoms with Crippen LogP contribution in [0.15, 0.2) is 11.1 Å². The number of nitrogens with zero attached hydrogens (tertiary/aromatic N) is 1. The second-order valence-corrected chi connectivity index (χ2v) is 3.98. The van der Waals surface area contributed by atoms with Crippen molar-refractivity contribution in [1.82, 2.24) is 4.90 Å². The van der Waals surface area contributed by atoms with Crippen LogP contribution in [0.1, 0.15) is 40.0 Å². The van der Waals surface area contributed by atoms with E-state index >= 15 is 0 Å². The van der Waals surface area contributed by atoms with Crippen molar-refractivity contribution >= 4 is 0 Å². The maximum Gasteiger partial charge on any atom is 0.0195 e. The Bertz CT molecular complexity index is 166. The van der Waals surface area contributed by atoms with Gasteiger partial charge in [0.1, 0.15) is 0 Å². The molecule has 1 saturated heterocycles. The lowest BCUT2D eigenvalue weighted by Gasteiger charge is -2.12. The first kappa shape index (κ1) is 9.79. The standard InChI is InChI=1S/C11H21N/c1-4-5-7-12-8-6-11(9-12)10(2)3/h4-9H2,1-3H3. The molecule has 1 heterocycles. The highest BCUT2D eigenvalue weighted by atomic mass is 15.1. The number of unbranched alkanes of at least 4 members (excludes halogenated alkanes) is 1. The van der Waals surface area contributed by atoms with E-state index in [0.717, 1.165) is 0 Å². The van der Waals surface area contributed by atoms with Gasteiger partial charge in [-0.15, -0.1) is 0 Å². The van der Waals surface area contributed by atoms with Crippen LogP contribution in [-0.2, 0) is 0 Å². The van der Waals surface area contributed by atoms with E-state index in [1.54, 1.807) is 5.57 Å². The van der Waals surface area contributed by atoms with E-state index in [9.17, 15) is 0 Å². The summed E-state index contributed by atoms with van der Waals surface area (Å²) in [6.45, 7) is 10.6. The molecule has 0 aliphatic carbocycles. The van der Waals surface area contributed by atoms with Crippen molar-refractivity contribution in [3.8, 4) is 0 Å². The fourth-order valence-corrected chi connectivity index (χ4v) is 1.70. The Balaban J connectivity index is 2.31. The molecule has 0 aromatic rings. The summed E-state index contributed by atoms with van der Waals surface area (Å²) in [5.74, 6) is 0. The van der Waals surface area contributed by atoms with Crippen molar-refractivity contribution in [3.63, 3.8) is 0 Å². The van der Waals surface area contributed by atoms with Crippen LogP contribution in [0.2, 0.25) is 0 Å². The zero-order valence-corrected chi connectivity index (χ0v) is 8.69. The quantitative estimate of drug-likeness (QED) is 0.584. The molecule has 0 radical (unpaired) electrons. The molecule has 1 aliphatic rings. The van der Waals surface area contributed by atoms with Crippen LogP contribution in [0, 0.1) is 0 Å². The van der Waals surface area contributed by atoms with E-state index in [0.29, 0.717) is 0 Å². The van der Waals surface area contributed by atoms with Crippen molar-refractivity contribution in [1.29, 1.82) is 0 Å². The summed E-state index contributed by atoms with van der Waals surface area (Å²) in [5.41, 5.74) is 3.21. The lowest BCUT2D eigenvalue weighted by molar-refractivity contribution is 0.338. The van der Waals surface area contributed by atoms with Gasteiger partial charge in [-0.05, 0) is 33.2 Å². The van der Waals surface area contributed by atoms with Gasteiger partial charge in [-0.25, -0.2) is 0 Å². The summed E-state index contributed by atoms with van der Waals surface area (Å²) < 4.78 is 0. The normalized spacial score (nSPS) is 18.8. The molecule has 1 aliphatic heterocycles. The smallest absolute Gasteiger partial charge is 0.0195 e. The largest absolute Gasteiger partial charge is 0.299 e. The van der Waals surface area contributed by atoms with Crippen molar-refractivity contribution in [2.45, 2.75) is 40.0 Å². The predicted molar refractivity (Wildman–Crippen MR) is 54.3 cm³/mol. The zero-order chi connectivity index (χ0) is 8.97. The van der Waals surface area contributed by atoms with Crippen molar-refractivity contribution in [3.05, 3.63) is 11.1 Å². The molecule has 0 bridgehead atoms. The van der Waals surface area contributed by atoms with Crippen molar-refractivity contribution < 1.29 is 0 Å². The van der Waals surface area contributed by atoms with Gasteiger partial charge in [0.05, 0.1) is 0 Å². The summed E-state index contributed by atoms with van der Waals surface area (Å²) in [7, 11) is 0. The van der Waals surface area contributed by atoms with Crippen LogP contribution in [0.25, 0.3) is 0 Å². The number of hydrogen-bond acceptors (Lipinski definition) is 1. The second kappa shape index (κ2) is 4.66. The Labute approximate surface area is 76.5 Å². The highest BCUT2D eigenvalue weighted by molar-refractivity contribution is 5.15. The molecule has 0 aromatic carbocycles. The molecule has 0 unspecified atom stereocenters. The van der Waals surface area contributed by atoms with Crippen LogP contribution in [0.3, 0.4) is 0 Å². The van der Waals surface area contributed by atoms with Crippen molar-refractivity contribution in [2.75, 3.05) is 19.6 Å². The summed E-state index contributed by atoms with van der Waals surface area (Å²) in [6.07, 6.45) is 3.99. The molecule has 1 rings (SSSR count). The average molecular weight is 167 g/mol. The van der Waals surface area contributed by atoms with Gasteiger partial charge in [0.15, 0.2) is 0 Å². The first-order chi connectivity index (χ1) is 5.74. The third-order valence-electron chi connectivity index (χ3n) is 2.68. The molecule has 0 saturated carbocycles. The van der Waals surface area contributed by atoms with Gasteiger partial charge in [0.2, 0.25) is 0 Å². The van der Waals surface area contributed by atoms with E-state index in [1.807, 2.05) is 0 Å². The zero-order valence-electron chi connectivity index (χ0n) is 8.69. The monoisotopic (exact) mass is 167 g/mol. The third kappa shape index (κ3) is 2.63. The lowest BCUT2D eigenvalue weighted by atomic mass is 10.1. The van der Waals surface area contributed by atoms with Gasteiger partial charge in [0, 0.05) is 13.1 Å². The van der Waals surface area contributed by atoms with Crippen LogP contribution in [0.5, 0.6) is 0 Å². The van der Waals surface area contributed by atoms with Crippen LogP contribution >= 0.6 is 0 Å². The molecule has 70 valence electrons. The molecule has 0 spiro atoms. The first-order valence-electron chi connectivity index (χ1n) is 5.11. The molecule has 12 heavy (non-hydrogen) atoms. The topological polar surface area (TPSA) is 3.24 Å². The fraction of sp³-hybridized carbons (Fsp3) is 0.818. The third-order valence-corrected chi connectivity index (χ3v) is 2.68. The minimum absolute atomic E-state index is 1.24. The van der Waals surface area contributed by atoms with E-state index in [2.05, 4.69) is 25.7 Å². The van der Waals surface area contributed by atoms with Gasteiger partial charge in [-0.1, -0.05) is 24.5 Å². The maximum atomic E-state index is 2.58. The lowest BCUT2D eigenvalue weighted by Crippen LogP contribution is -2.20. The Hall–Kier alpha value is -0.300. The highest BCUT2D eigenvalue weighted by Gasteiger charge is 2.15. The summed E-state index contributed by atoms with van der Waals surface area (Å²) in [6, 6.07) is 0. The first-order valence-corrected chi connectivity index (χ1v) is 5.11. The Morgan fingerprint density at radius 1 is 1.42 bits per heavy atom. The summed E-state index contributed by atoms with van der Waals surface area (Å²) in [4.78, 5) is 2.58. The van der Waals surface area contributed by atoms with Crippen LogP contribution < -0.4 is 0 Å². The van der Waals surface area contributed by atoms with E-state index in [-0.39, 0.29) is 0 Å². The minimum Gasteiger partial charge on any atom is -0.299 e. The number of allylic oxidation sites excluding steroid dienone is 1. The van der Waals surface area contributed by atoms with E-state index in [4.69, 9.17) is 0 Å². The van der Waals surface area contributed by atoms with Gasteiger partial charge in [0.25, 0.3) is 0 Å². The van der Waals surface area contributed by atoms with Gasteiger partial charge in [-0.2, -0.15) is 0 Å². The summed E-state index contributed by atoms with van der Waals surface area (Å²) in [5, 5.41) is 0. The molecule has 1 nitrogen and oxygen atoms in total. The molecule has 0 N–H and O–H groups in total. The minimum atomic E-state index is 1.24. The van der Waals surface area contributed by atoms with Crippen LogP contribution in [-0.4, -0.2) is 24.5 Å². The average Bonchev–Trinajstić information content (AvgIpc) is 2.48. The molecule has 0 aromatic heterocycles. The Morgan fingerprint density at radius 3 is 2.67 bits per heavy atom. The van der Waals surface area contributed by atoms with E-state index < -0.39 is 0 Å². The summed E-state index contributed by atoms with van der Waals surface area (Å²) >= 11 is 0. The second-order valence-electron chi connectivity index (χ2n) is 3.98. The van der Waals surface area contributed by atoms with E-state index in [1.165, 1.54) is 44.5 Å². The molecule has 1 fully saturated rings. The van der Waals surface area contributed by atoms with Crippen molar-refractivity contribution in [2.24, 2.45) is 0 Å². The van der Waals surface area contributed by atoms with Gasteiger partial charge in [-0.3, -0.25) is 4.90 Å². The predicted octanol–water partition coefficient (Wildman–Crippen LogP) is 2.83. The Morgan fingerprint density at radius 2 is 2.17 bits per heavy atom. The number of hydrogen-bond donors (Lipinski definition) is 0. The fourth-order valence-electron chi connectivity index (χ4n) is 1.70. The molecular formula is C11H21N. The van der Waals surface area contributed by atoms with Crippen LogP contribution in [0.4, 0.5) is 0 Å². The number of rotatable bonds is 3. The molecule has 0 amide bonds. The maximum absolute atomic E-state index is 2.58. The number of likely N-dealkylation sites (tertiary alicyclic amines) is 1. The highest BCUT2D eigenvalue weighted by Crippen LogP contribution is 2.18. The molecule has 0 atom stereocenters. The Kier molecular flexibility index (Phi) is 3.80. The molecule has 1 heteroatoms.